The highest BCUT2D eigenvalue weighted by Crippen LogP contribution is 2.32. The molecule has 150 valence electrons. The summed E-state index contributed by atoms with van der Waals surface area (Å²) in [6.45, 7) is 1.98. The molecule has 2 aromatic carbocycles. The minimum atomic E-state index is -3.85. The zero-order valence-electron chi connectivity index (χ0n) is 15.6. The normalized spacial score (nSPS) is 15.4. The van der Waals surface area contributed by atoms with Gasteiger partial charge in [-0.3, -0.25) is 10.1 Å². The number of fused-ring (bicyclic) bond motifs is 1. The number of aromatic nitrogens is 1. The number of nitro groups is 1. The van der Waals surface area contributed by atoms with E-state index in [9.17, 15) is 22.9 Å². The molecule has 0 bridgehead atoms. The van der Waals surface area contributed by atoms with Gasteiger partial charge in [0.15, 0.2) is 0 Å². The number of halogens is 1. The predicted molar refractivity (Wildman–Crippen MR) is 107 cm³/mol. The summed E-state index contributed by atoms with van der Waals surface area (Å²) in [5.41, 5.74) is 2.77. The van der Waals surface area contributed by atoms with E-state index in [1.54, 1.807) is 19.2 Å². The second kappa shape index (κ2) is 7.09. The van der Waals surface area contributed by atoms with Crippen LogP contribution >= 0.6 is 0 Å². The number of nitro benzene ring substituents is 1. The van der Waals surface area contributed by atoms with Crippen molar-refractivity contribution in [2.45, 2.75) is 18.2 Å². The lowest BCUT2D eigenvalue weighted by Crippen LogP contribution is -2.34. The molecule has 9 heteroatoms. The third-order valence-electron chi connectivity index (χ3n) is 5.18. The van der Waals surface area contributed by atoms with Crippen LogP contribution in [0, 0.1) is 22.9 Å². The lowest BCUT2D eigenvalue weighted by atomic mass is 10.00. The van der Waals surface area contributed by atoms with Crippen molar-refractivity contribution >= 4 is 32.2 Å². The van der Waals surface area contributed by atoms with Crippen LogP contribution in [-0.2, 0) is 10.0 Å². The molecule has 0 fully saturated rings. The van der Waals surface area contributed by atoms with Crippen LogP contribution in [0.2, 0.25) is 0 Å². The topological polar surface area (TPSA) is 96.3 Å². The van der Waals surface area contributed by atoms with Crippen molar-refractivity contribution < 1.29 is 17.7 Å². The van der Waals surface area contributed by atoms with Crippen LogP contribution in [0.3, 0.4) is 0 Å². The van der Waals surface area contributed by atoms with Gasteiger partial charge in [-0.25, -0.2) is 12.8 Å². The summed E-state index contributed by atoms with van der Waals surface area (Å²) in [5.74, 6) is -0.326. The van der Waals surface area contributed by atoms with E-state index in [-0.39, 0.29) is 29.5 Å². The Kier molecular flexibility index (Phi) is 4.71. The number of benzene rings is 2. The van der Waals surface area contributed by atoms with E-state index in [0.29, 0.717) is 17.5 Å². The highest BCUT2D eigenvalue weighted by Gasteiger charge is 2.28. The Morgan fingerprint density at radius 1 is 1.21 bits per heavy atom. The average Bonchev–Trinajstić information content (AvgIpc) is 3.11. The van der Waals surface area contributed by atoms with Gasteiger partial charge in [-0.2, -0.15) is 4.31 Å². The molecule has 0 radical (unpaired) electrons. The zero-order chi connectivity index (χ0) is 20.8. The fourth-order valence-electron chi connectivity index (χ4n) is 3.57. The highest BCUT2D eigenvalue weighted by atomic mass is 32.2. The molecule has 4 rings (SSSR count). The molecule has 0 saturated heterocycles. The first-order valence-corrected chi connectivity index (χ1v) is 10.4. The molecule has 2 heterocycles. The van der Waals surface area contributed by atoms with E-state index in [4.69, 9.17) is 0 Å². The van der Waals surface area contributed by atoms with Gasteiger partial charge in [0.05, 0.1) is 9.82 Å². The first-order chi connectivity index (χ1) is 13.8. The summed E-state index contributed by atoms with van der Waals surface area (Å²) in [6, 6.07) is 8.46. The van der Waals surface area contributed by atoms with E-state index < -0.39 is 14.9 Å². The minimum absolute atomic E-state index is 0.0887. The largest absolute Gasteiger partial charge is 0.360 e. The number of nitrogens with one attached hydrogen (secondary N) is 1. The minimum Gasteiger partial charge on any atom is -0.360 e. The van der Waals surface area contributed by atoms with Gasteiger partial charge in [-0.05, 0) is 43.2 Å². The molecule has 29 heavy (non-hydrogen) atoms. The van der Waals surface area contributed by atoms with Gasteiger partial charge in [0.25, 0.3) is 5.69 Å². The van der Waals surface area contributed by atoms with Crippen LogP contribution in [0.1, 0.15) is 17.5 Å². The molecular weight excluding hydrogens is 397 g/mol. The number of nitrogens with zero attached hydrogens (tertiary/aromatic N) is 2. The Morgan fingerprint density at radius 3 is 2.69 bits per heavy atom. The molecule has 1 aliphatic heterocycles. The van der Waals surface area contributed by atoms with Gasteiger partial charge in [-0.15, -0.1) is 0 Å². The van der Waals surface area contributed by atoms with Crippen molar-refractivity contribution in [1.82, 2.24) is 9.29 Å². The van der Waals surface area contributed by atoms with E-state index >= 15 is 0 Å². The third kappa shape index (κ3) is 3.43. The van der Waals surface area contributed by atoms with E-state index in [2.05, 4.69) is 4.98 Å². The summed E-state index contributed by atoms with van der Waals surface area (Å²) in [4.78, 5) is 13.5. The van der Waals surface area contributed by atoms with Gasteiger partial charge in [-0.1, -0.05) is 12.1 Å². The lowest BCUT2D eigenvalue weighted by Gasteiger charge is -2.26. The lowest BCUT2D eigenvalue weighted by molar-refractivity contribution is -0.385. The molecular formula is C20H18FN3O4S. The smallest absolute Gasteiger partial charge is 0.273 e. The number of rotatable bonds is 4. The quantitative estimate of drug-likeness (QED) is 0.514. The van der Waals surface area contributed by atoms with E-state index in [1.807, 2.05) is 6.08 Å². The molecule has 1 aliphatic rings. The molecule has 0 amide bonds. The number of aryl methyl sites for hydroxylation is 1. The van der Waals surface area contributed by atoms with Gasteiger partial charge in [0, 0.05) is 47.4 Å². The second-order valence-electron chi connectivity index (χ2n) is 6.94. The standard InChI is InChI=1S/C20H18FN3O4S/c1-13-2-4-16(11-20(13)24(25)26)29(27,28)23-8-6-14(7-9-23)18-12-22-19-10-15(21)3-5-17(18)19/h2-6,10-12,22H,7-9H2,1H3. The maximum atomic E-state index is 13.4. The summed E-state index contributed by atoms with van der Waals surface area (Å²) < 4.78 is 40.6. The van der Waals surface area contributed by atoms with Crippen molar-refractivity contribution in [3.8, 4) is 0 Å². The molecule has 0 spiro atoms. The van der Waals surface area contributed by atoms with Gasteiger partial charge >= 0.3 is 0 Å². The van der Waals surface area contributed by atoms with Crippen LogP contribution in [-0.4, -0.2) is 35.7 Å². The number of hydrogen-bond donors (Lipinski definition) is 1. The van der Waals surface area contributed by atoms with Crippen molar-refractivity contribution in [2.24, 2.45) is 0 Å². The molecule has 0 saturated carbocycles. The van der Waals surface area contributed by atoms with Crippen molar-refractivity contribution in [3.05, 3.63) is 75.7 Å². The van der Waals surface area contributed by atoms with Crippen molar-refractivity contribution in [1.29, 1.82) is 0 Å². The van der Waals surface area contributed by atoms with Gasteiger partial charge in [0.2, 0.25) is 10.0 Å². The van der Waals surface area contributed by atoms with Crippen LogP contribution < -0.4 is 0 Å². The Balaban J connectivity index is 1.62. The van der Waals surface area contributed by atoms with Crippen LogP contribution in [0.4, 0.5) is 10.1 Å². The molecule has 3 aromatic rings. The average molecular weight is 415 g/mol. The SMILES string of the molecule is Cc1ccc(S(=O)(=O)N2CC=C(c3c[nH]c4cc(F)ccc34)CC2)cc1[N+](=O)[O-]. The van der Waals surface area contributed by atoms with Crippen LogP contribution in [0.5, 0.6) is 0 Å². The Hall–Kier alpha value is -3.04. The number of hydrogen-bond acceptors (Lipinski definition) is 4. The van der Waals surface area contributed by atoms with E-state index in [1.165, 1.54) is 28.6 Å². The Bertz CT molecular complexity index is 1260. The first kappa shape index (κ1) is 19.3. The predicted octanol–water partition coefficient (Wildman–Crippen LogP) is 4.00. The highest BCUT2D eigenvalue weighted by molar-refractivity contribution is 7.89. The van der Waals surface area contributed by atoms with Gasteiger partial charge in [0.1, 0.15) is 5.82 Å². The number of H-pyrrole nitrogens is 1. The molecule has 0 aliphatic carbocycles. The molecule has 0 atom stereocenters. The van der Waals surface area contributed by atoms with Crippen LogP contribution in [0.15, 0.2) is 53.6 Å². The van der Waals surface area contributed by atoms with Gasteiger partial charge < -0.3 is 4.98 Å². The third-order valence-corrected chi connectivity index (χ3v) is 7.04. The Morgan fingerprint density at radius 2 is 2.00 bits per heavy atom. The fraction of sp³-hybridized carbons (Fsp3) is 0.200. The van der Waals surface area contributed by atoms with E-state index in [0.717, 1.165) is 22.6 Å². The summed E-state index contributed by atoms with van der Waals surface area (Å²) in [5, 5.41) is 12.0. The Labute approximate surface area is 166 Å². The maximum absolute atomic E-state index is 13.4. The van der Waals surface area contributed by atoms with Crippen molar-refractivity contribution in [3.63, 3.8) is 0 Å². The summed E-state index contributed by atoms with van der Waals surface area (Å²) >= 11 is 0. The molecule has 1 N–H and O–H groups in total. The second-order valence-corrected chi connectivity index (χ2v) is 8.88. The zero-order valence-corrected chi connectivity index (χ0v) is 16.4. The molecule has 1 aromatic heterocycles. The molecule has 7 nitrogen and oxygen atoms in total. The maximum Gasteiger partial charge on any atom is 0.273 e. The number of sulfonamides is 1. The summed E-state index contributed by atoms with van der Waals surface area (Å²) in [6.07, 6.45) is 4.11. The van der Waals surface area contributed by atoms with Crippen molar-refractivity contribution in [2.75, 3.05) is 13.1 Å². The number of aromatic amines is 1. The first-order valence-electron chi connectivity index (χ1n) is 8.98. The fourth-order valence-corrected chi connectivity index (χ4v) is 4.97. The monoisotopic (exact) mass is 415 g/mol. The van der Waals surface area contributed by atoms with Crippen LogP contribution in [0.25, 0.3) is 16.5 Å². The summed E-state index contributed by atoms with van der Waals surface area (Å²) in [7, 11) is -3.85. The molecule has 0 unspecified atom stereocenters.